The van der Waals surface area contributed by atoms with Gasteiger partial charge >= 0.3 is 0 Å². The highest BCUT2D eigenvalue weighted by Gasteiger charge is 2.33. The van der Waals surface area contributed by atoms with E-state index in [4.69, 9.17) is 0 Å². The Balaban J connectivity index is 1.66. The molecule has 2 fully saturated rings. The van der Waals surface area contributed by atoms with E-state index in [9.17, 15) is 0 Å². The van der Waals surface area contributed by atoms with Crippen LogP contribution in [0.5, 0.6) is 0 Å². The van der Waals surface area contributed by atoms with Crippen LogP contribution in [0.3, 0.4) is 0 Å². The van der Waals surface area contributed by atoms with Crippen LogP contribution >= 0.6 is 0 Å². The van der Waals surface area contributed by atoms with E-state index in [2.05, 4.69) is 19.2 Å². The number of hydrogen-bond acceptors (Lipinski definition) is 1. The van der Waals surface area contributed by atoms with Crippen molar-refractivity contribution >= 4 is 0 Å². The molecule has 0 bridgehead atoms. The van der Waals surface area contributed by atoms with Gasteiger partial charge in [-0.1, -0.05) is 26.7 Å². The van der Waals surface area contributed by atoms with Crippen molar-refractivity contribution in [3.8, 4) is 0 Å². The van der Waals surface area contributed by atoms with Crippen LogP contribution in [-0.4, -0.2) is 12.6 Å². The van der Waals surface area contributed by atoms with Crippen LogP contribution in [0.2, 0.25) is 0 Å². The highest BCUT2D eigenvalue weighted by atomic mass is 14.9. The highest BCUT2D eigenvalue weighted by molar-refractivity contribution is 4.88. The number of rotatable bonds is 4. The first kappa shape index (κ1) is 10.5. The first-order valence-electron chi connectivity index (χ1n) is 6.45. The Kier molecular flexibility index (Phi) is 3.16. The molecule has 0 radical (unpaired) electrons. The summed E-state index contributed by atoms with van der Waals surface area (Å²) >= 11 is 0. The fraction of sp³-hybridized carbons (Fsp3) is 1.00. The SMILES string of the molecule is CCC1CCC(NCC2(C)CCC2)C1. The Labute approximate surface area is 88.7 Å². The molecule has 0 aromatic rings. The summed E-state index contributed by atoms with van der Waals surface area (Å²) in [6, 6.07) is 0.845. The maximum atomic E-state index is 3.79. The summed E-state index contributed by atoms with van der Waals surface area (Å²) in [5.41, 5.74) is 0.657. The van der Waals surface area contributed by atoms with Crippen molar-refractivity contribution in [3.63, 3.8) is 0 Å². The zero-order valence-electron chi connectivity index (χ0n) is 9.81. The molecule has 1 nitrogen and oxygen atoms in total. The Morgan fingerprint density at radius 1 is 1.29 bits per heavy atom. The molecule has 0 heterocycles. The lowest BCUT2D eigenvalue weighted by Gasteiger charge is -2.39. The molecule has 0 aromatic heterocycles. The average molecular weight is 195 g/mol. The second-order valence-corrected chi connectivity index (χ2v) is 5.83. The third kappa shape index (κ3) is 2.31. The predicted molar refractivity (Wildman–Crippen MR) is 61.4 cm³/mol. The molecule has 0 spiro atoms. The molecule has 2 aliphatic rings. The summed E-state index contributed by atoms with van der Waals surface area (Å²) in [5, 5.41) is 3.79. The van der Waals surface area contributed by atoms with Crippen LogP contribution in [0, 0.1) is 11.3 Å². The van der Waals surface area contributed by atoms with Gasteiger partial charge in [-0.05, 0) is 43.4 Å². The van der Waals surface area contributed by atoms with Gasteiger partial charge in [-0.25, -0.2) is 0 Å². The quantitative estimate of drug-likeness (QED) is 0.725. The minimum Gasteiger partial charge on any atom is -0.313 e. The average Bonchev–Trinajstić information content (AvgIpc) is 2.59. The molecule has 1 heteroatoms. The van der Waals surface area contributed by atoms with E-state index in [1.165, 1.54) is 51.5 Å². The van der Waals surface area contributed by atoms with Gasteiger partial charge in [-0.2, -0.15) is 0 Å². The largest absolute Gasteiger partial charge is 0.313 e. The first-order chi connectivity index (χ1) is 6.72. The van der Waals surface area contributed by atoms with Crippen molar-refractivity contribution in [2.45, 2.75) is 64.8 Å². The molecule has 1 N–H and O–H groups in total. The number of hydrogen-bond donors (Lipinski definition) is 1. The Bertz CT molecular complexity index is 184. The summed E-state index contributed by atoms with van der Waals surface area (Å²) in [7, 11) is 0. The van der Waals surface area contributed by atoms with Gasteiger partial charge in [0.1, 0.15) is 0 Å². The maximum Gasteiger partial charge on any atom is 0.00700 e. The van der Waals surface area contributed by atoms with Crippen molar-refractivity contribution in [1.29, 1.82) is 0 Å². The second-order valence-electron chi connectivity index (χ2n) is 5.83. The van der Waals surface area contributed by atoms with Crippen LogP contribution in [0.1, 0.15) is 58.8 Å². The van der Waals surface area contributed by atoms with Gasteiger partial charge < -0.3 is 5.32 Å². The van der Waals surface area contributed by atoms with Crippen LogP contribution in [0.15, 0.2) is 0 Å². The first-order valence-corrected chi connectivity index (χ1v) is 6.45. The molecule has 0 saturated heterocycles. The topological polar surface area (TPSA) is 12.0 Å². The fourth-order valence-corrected chi connectivity index (χ4v) is 2.98. The van der Waals surface area contributed by atoms with Crippen LogP contribution in [0.25, 0.3) is 0 Å². The number of nitrogens with one attached hydrogen (secondary N) is 1. The summed E-state index contributed by atoms with van der Waals surface area (Å²) < 4.78 is 0. The highest BCUT2D eigenvalue weighted by Crippen LogP contribution is 2.40. The Hall–Kier alpha value is -0.0400. The summed E-state index contributed by atoms with van der Waals surface area (Å²) in [5.74, 6) is 1.02. The summed E-state index contributed by atoms with van der Waals surface area (Å²) in [4.78, 5) is 0. The van der Waals surface area contributed by atoms with Gasteiger partial charge in [0, 0.05) is 12.6 Å². The molecule has 2 atom stereocenters. The minimum absolute atomic E-state index is 0.657. The monoisotopic (exact) mass is 195 g/mol. The molecule has 2 saturated carbocycles. The minimum atomic E-state index is 0.657. The van der Waals surface area contributed by atoms with Gasteiger partial charge in [0.05, 0.1) is 0 Å². The molecule has 0 aromatic carbocycles. The standard InChI is InChI=1S/C13H25N/c1-3-11-5-6-12(9-11)14-10-13(2)7-4-8-13/h11-12,14H,3-10H2,1-2H3. The van der Waals surface area contributed by atoms with Crippen molar-refractivity contribution in [3.05, 3.63) is 0 Å². The lowest BCUT2D eigenvalue weighted by molar-refractivity contribution is 0.150. The maximum absolute atomic E-state index is 3.79. The fourth-order valence-electron chi connectivity index (χ4n) is 2.98. The van der Waals surface area contributed by atoms with Gasteiger partial charge in [0.15, 0.2) is 0 Å². The third-order valence-corrected chi connectivity index (χ3v) is 4.50. The zero-order chi connectivity index (χ0) is 10.0. The lowest BCUT2D eigenvalue weighted by Crippen LogP contribution is -2.41. The lowest BCUT2D eigenvalue weighted by atomic mass is 9.70. The molecule has 82 valence electrons. The van der Waals surface area contributed by atoms with Gasteiger partial charge in [-0.15, -0.1) is 0 Å². The summed E-state index contributed by atoms with van der Waals surface area (Å²) in [6.45, 7) is 6.05. The molecule has 0 aliphatic heterocycles. The van der Waals surface area contributed by atoms with E-state index < -0.39 is 0 Å². The van der Waals surface area contributed by atoms with E-state index in [1.54, 1.807) is 0 Å². The third-order valence-electron chi connectivity index (χ3n) is 4.50. The second kappa shape index (κ2) is 4.22. The molecule has 2 aliphatic carbocycles. The van der Waals surface area contributed by atoms with E-state index in [0.29, 0.717) is 5.41 Å². The van der Waals surface area contributed by atoms with E-state index >= 15 is 0 Å². The summed E-state index contributed by atoms with van der Waals surface area (Å²) in [6.07, 6.45) is 10.1. The normalized spacial score (nSPS) is 35.6. The smallest absolute Gasteiger partial charge is 0.00700 e. The van der Waals surface area contributed by atoms with Gasteiger partial charge in [0.25, 0.3) is 0 Å². The molecule has 14 heavy (non-hydrogen) atoms. The van der Waals surface area contributed by atoms with Gasteiger partial charge in [-0.3, -0.25) is 0 Å². The molecular formula is C13H25N. The van der Waals surface area contributed by atoms with E-state index in [0.717, 1.165) is 12.0 Å². The van der Waals surface area contributed by atoms with Crippen molar-refractivity contribution < 1.29 is 0 Å². The molecule has 2 unspecified atom stereocenters. The van der Waals surface area contributed by atoms with Crippen LogP contribution in [-0.2, 0) is 0 Å². The molecule has 2 rings (SSSR count). The Morgan fingerprint density at radius 3 is 2.57 bits per heavy atom. The van der Waals surface area contributed by atoms with Crippen LogP contribution < -0.4 is 5.32 Å². The molecular weight excluding hydrogens is 170 g/mol. The Morgan fingerprint density at radius 2 is 2.07 bits per heavy atom. The molecule has 0 amide bonds. The predicted octanol–water partition coefficient (Wildman–Crippen LogP) is 3.34. The zero-order valence-corrected chi connectivity index (χ0v) is 9.81. The van der Waals surface area contributed by atoms with Crippen molar-refractivity contribution in [2.24, 2.45) is 11.3 Å². The van der Waals surface area contributed by atoms with E-state index in [-0.39, 0.29) is 0 Å². The van der Waals surface area contributed by atoms with Crippen LogP contribution in [0.4, 0.5) is 0 Å². The van der Waals surface area contributed by atoms with Gasteiger partial charge in [0.2, 0.25) is 0 Å². The van der Waals surface area contributed by atoms with E-state index in [1.807, 2.05) is 0 Å². The van der Waals surface area contributed by atoms with Crippen molar-refractivity contribution in [1.82, 2.24) is 5.32 Å². The van der Waals surface area contributed by atoms with Crippen molar-refractivity contribution in [2.75, 3.05) is 6.54 Å².